The number of amides is 1. The van der Waals surface area contributed by atoms with E-state index in [9.17, 15) is 18.0 Å². The Balaban J connectivity index is 1.63. The van der Waals surface area contributed by atoms with Crippen molar-refractivity contribution in [1.29, 1.82) is 0 Å². The highest BCUT2D eigenvalue weighted by atomic mass is 35.5. The van der Waals surface area contributed by atoms with Crippen LogP contribution in [-0.2, 0) is 0 Å². The van der Waals surface area contributed by atoms with Crippen LogP contribution >= 0.6 is 34.8 Å². The zero-order chi connectivity index (χ0) is 22.3. The number of halogens is 6. The lowest BCUT2D eigenvalue weighted by atomic mass is 9.97. The van der Waals surface area contributed by atoms with Gasteiger partial charge in [0, 0.05) is 23.2 Å². The van der Waals surface area contributed by atoms with Gasteiger partial charge in [-0.2, -0.15) is 18.3 Å². The Morgan fingerprint density at radius 1 is 1.06 bits per heavy atom. The molecule has 5 nitrogen and oxygen atoms in total. The van der Waals surface area contributed by atoms with Crippen LogP contribution in [0, 0.1) is 0 Å². The summed E-state index contributed by atoms with van der Waals surface area (Å²) in [6.07, 6.45) is -4.83. The first-order valence-corrected chi connectivity index (χ1v) is 10.2. The molecule has 4 rings (SSSR count). The van der Waals surface area contributed by atoms with Gasteiger partial charge in [0.25, 0.3) is 5.91 Å². The molecule has 1 amide bonds. The van der Waals surface area contributed by atoms with E-state index < -0.39 is 24.2 Å². The van der Waals surface area contributed by atoms with Crippen molar-refractivity contribution in [2.75, 3.05) is 10.6 Å². The number of carbonyl (C=O) groups is 1. The quantitative estimate of drug-likeness (QED) is 0.427. The number of hydrogen-bond donors (Lipinski definition) is 2. The minimum Gasteiger partial charge on any atom is -0.363 e. The second-order valence-electron chi connectivity index (χ2n) is 6.98. The maximum atomic E-state index is 13.8. The van der Waals surface area contributed by atoms with Gasteiger partial charge in [-0.25, -0.2) is 4.68 Å². The predicted octanol–water partition coefficient (Wildman–Crippen LogP) is 6.76. The lowest BCUT2D eigenvalue weighted by Gasteiger charge is -2.33. The molecule has 0 bridgehead atoms. The van der Waals surface area contributed by atoms with Gasteiger partial charge in [0.1, 0.15) is 5.82 Å². The third-order valence-electron chi connectivity index (χ3n) is 4.87. The van der Waals surface area contributed by atoms with Gasteiger partial charge in [0.2, 0.25) is 0 Å². The summed E-state index contributed by atoms with van der Waals surface area (Å²) < 4.78 is 42.1. The Morgan fingerprint density at radius 2 is 1.77 bits per heavy atom. The van der Waals surface area contributed by atoms with Crippen LogP contribution in [0.15, 0.2) is 48.5 Å². The standard InChI is InChI=1S/C20H14Cl3F3N4O/c21-11-3-1-10(2-4-11)15-8-17(20(24,25)26)30-18(28-15)9-16(29-30)19(31)27-12-5-6-13(22)14(23)7-12/h1-7,9,15,17,28H,8H2,(H,27,31). The molecule has 0 saturated carbocycles. The van der Waals surface area contributed by atoms with Crippen LogP contribution in [-0.4, -0.2) is 21.9 Å². The fourth-order valence-electron chi connectivity index (χ4n) is 3.37. The van der Waals surface area contributed by atoms with E-state index in [0.29, 0.717) is 21.3 Å². The maximum Gasteiger partial charge on any atom is 0.410 e. The van der Waals surface area contributed by atoms with Crippen molar-refractivity contribution in [3.8, 4) is 0 Å². The molecule has 162 valence electrons. The molecule has 2 N–H and O–H groups in total. The van der Waals surface area contributed by atoms with Gasteiger partial charge >= 0.3 is 6.18 Å². The maximum absolute atomic E-state index is 13.8. The largest absolute Gasteiger partial charge is 0.410 e. The molecule has 2 heterocycles. The Bertz CT molecular complexity index is 1130. The Labute approximate surface area is 190 Å². The Kier molecular flexibility index (Phi) is 5.81. The number of nitrogens with one attached hydrogen (secondary N) is 2. The average molecular weight is 490 g/mol. The lowest BCUT2D eigenvalue weighted by molar-refractivity contribution is -0.173. The molecule has 0 radical (unpaired) electrons. The van der Waals surface area contributed by atoms with Crippen molar-refractivity contribution in [3.63, 3.8) is 0 Å². The second kappa shape index (κ2) is 8.26. The number of benzene rings is 2. The zero-order valence-electron chi connectivity index (χ0n) is 15.6. The normalized spacial score (nSPS) is 18.3. The first-order chi connectivity index (χ1) is 14.6. The molecule has 0 spiro atoms. The molecular formula is C20H14Cl3F3N4O. The van der Waals surface area contributed by atoms with Gasteiger partial charge < -0.3 is 10.6 Å². The molecular weight excluding hydrogens is 476 g/mol. The van der Waals surface area contributed by atoms with Crippen LogP contribution in [0.3, 0.4) is 0 Å². The van der Waals surface area contributed by atoms with Crippen molar-refractivity contribution in [2.45, 2.75) is 24.7 Å². The minimum atomic E-state index is -4.55. The third kappa shape index (κ3) is 4.61. The number of anilines is 2. The Morgan fingerprint density at radius 3 is 2.42 bits per heavy atom. The number of aromatic nitrogens is 2. The lowest BCUT2D eigenvalue weighted by Crippen LogP contribution is -2.35. The molecule has 31 heavy (non-hydrogen) atoms. The molecule has 0 saturated heterocycles. The topological polar surface area (TPSA) is 59.0 Å². The van der Waals surface area contributed by atoms with Crippen molar-refractivity contribution in [1.82, 2.24) is 9.78 Å². The summed E-state index contributed by atoms with van der Waals surface area (Å²) in [4.78, 5) is 12.6. The van der Waals surface area contributed by atoms with Gasteiger partial charge in [-0.1, -0.05) is 46.9 Å². The van der Waals surface area contributed by atoms with E-state index >= 15 is 0 Å². The molecule has 2 atom stereocenters. The van der Waals surface area contributed by atoms with E-state index in [1.165, 1.54) is 24.3 Å². The molecule has 1 aliphatic rings. The summed E-state index contributed by atoms with van der Waals surface area (Å²) in [7, 11) is 0. The number of nitrogens with zero attached hydrogens (tertiary/aromatic N) is 2. The van der Waals surface area contributed by atoms with E-state index in [1.807, 2.05) is 0 Å². The van der Waals surface area contributed by atoms with E-state index in [1.54, 1.807) is 24.3 Å². The molecule has 0 fully saturated rings. The fraction of sp³-hybridized carbons (Fsp3) is 0.200. The molecule has 0 aliphatic carbocycles. The number of hydrogen-bond acceptors (Lipinski definition) is 3. The summed E-state index contributed by atoms with van der Waals surface area (Å²) in [5.74, 6) is -0.584. The van der Waals surface area contributed by atoms with Gasteiger partial charge in [0.05, 0.1) is 16.1 Å². The molecule has 2 aromatic carbocycles. The number of fused-ring (bicyclic) bond motifs is 1. The number of rotatable bonds is 3. The SMILES string of the molecule is O=C(Nc1ccc(Cl)c(Cl)c1)c1cc2n(n1)C(C(F)(F)F)CC(c1ccc(Cl)cc1)N2. The zero-order valence-corrected chi connectivity index (χ0v) is 17.8. The highest BCUT2D eigenvalue weighted by Crippen LogP contribution is 2.43. The van der Waals surface area contributed by atoms with Crippen LogP contribution in [0.2, 0.25) is 15.1 Å². The van der Waals surface area contributed by atoms with Crippen molar-refractivity contribution in [2.24, 2.45) is 0 Å². The predicted molar refractivity (Wildman–Crippen MR) is 114 cm³/mol. The molecule has 1 aromatic heterocycles. The van der Waals surface area contributed by atoms with Gasteiger partial charge in [0.15, 0.2) is 11.7 Å². The van der Waals surface area contributed by atoms with E-state index in [0.717, 1.165) is 4.68 Å². The van der Waals surface area contributed by atoms with E-state index in [4.69, 9.17) is 34.8 Å². The van der Waals surface area contributed by atoms with E-state index in [2.05, 4.69) is 15.7 Å². The fourth-order valence-corrected chi connectivity index (χ4v) is 3.79. The van der Waals surface area contributed by atoms with Gasteiger partial charge in [-0.3, -0.25) is 4.79 Å². The number of carbonyl (C=O) groups excluding carboxylic acids is 1. The summed E-state index contributed by atoms with van der Waals surface area (Å²) in [5, 5.41) is 10.5. The summed E-state index contributed by atoms with van der Waals surface area (Å²) in [5.41, 5.74) is 0.817. The van der Waals surface area contributed by atoms with Crippen LogP contribution in [0.1, 0.15) is 34.6 Å². The van der Waals surface area contributed by atoms with Crippen LogP contribution in [0.4, 0.5) is 24.7 Å². The monoisotopic (exact) mass is 488 g/mol. The van der Waals surface area contributed by atoms with Gasteiger partial charge in [-0.05, 0) is 35.9 Å². The molecule has 3 aromatic rings. The molecule has 11 heteroatoms. The smallest absolute Gasteiger partial charge is 0.363 e. The van der Waals surface area contributed by atoms with Gasteiger partial charge in [-0.15, -0.1) is 0 Å². The minimum absolute atomic E-state index is 0.0906. The first-order valence-electron chi connectivity index (χ1n) is 9.06. The van der Waals surface area contributed by atoms with Crippen molar-refractivity contribution in [3.05, 3.63) is 74.9 Å². The number of alkyl halides is 3. The van der Waals surface area contributed by atoms with E-state index in [-0.39, 0.29) is 23.0 Å². The van der Waals surface area contributed by atoms with Crippen LogP contribution in [0.25, 0.3) is 0 Å². The molecule has 2 unspecified atom stereocenters. The molecule has 1 aliphatic heterocycles. The summed E-state index contributed by atoms with van der Waals surface area (Å²) >= 11 is 17.7. The van der Waals surface area contributed by atoms with Crippen molar-refractivity contribution >= 4 is 52.2 Å². The highest BCUT2D eigenvalue weighted by molar-refractivity contribution is 6.42. The first kappa shape index (κ1) is 21.8. The van der Waals surface area contributed by atoms with Crippen LogP contribution < -0.4 is 10.6 Å². The summed E-state index contributed by atoms with van der Waals surface area (Å²) in [6.45, 7) is 0. The second-order valence-corrected chi connectivity index (χ2v) is 8.23. The van der Waals surface area contributed by atoms with Crippen molar-refractivity contribution < 1.29 is 18.0 Å². The average Bonchev–Trinajstić information content (AvgIpc) is 3.14. The third-order valence-corrected chi connectivity index (χ3v) is 5.86. The summed E-state index contributed by atoms with van der Waals surface area (Å²) in [6, 6.07) is 9.78. The Hall–Kier alpha value is -2.42. The highest BCUT2D eigenvalue weighted by Gasteiger charge is 2.46. The van der Waals surface area contributed by atoms with Crippen LogP contribution in [0.5, 0.6) is 0 Å².